The second kappa shape index (κ2) is 7.78. The number of methoxy groups -OCH3 is 1. The molecule has 1 aromatic rings. The first-order chi connectivity index (χ1) is 11.8. The molecule has 1 aliphatic heterocycles. The van der Waals surface area contributed by atoms with E-state index >= 15 is 0 Å². The molecule has 0 spiro atoms. The molecule has 2 atom stereocenters. The van der Waals surface area contributed by atoms with Crippen molar-refractivity contribution in [3.63, 3.8) is 0 Å². The molecule has 0 saturated carbocycles. The monoisotopic (exact) mass is 348 g/mol. The van der Waals surface area contributed by atoms with Crippen molar-refractivity contribution < 1.29 is 28.7 Å². The first kappa shape index (κ1) is 18.4. The summed E-state index contributed by atoms with van der Waals surface area (Å²) in [5, 5.41) is 1.92. The summed E-state index contributed by atoms with van der Waals surface area (Å²) in [5.41, 5.74) is 1.78. The smallest absolute Gasteiger partial charge is 0.413 e. The van der Waals surface area contributed by atoms with Gasteiger partial charge in [-0.2, -0.15) is 0 Å². The molecule has 0 bridgehead atoms. The van der Waals surface area contributed by atoms with Gasteiger partial charge < -0.3 is 14.4 Å². The van der Waals surface area contributed by atoms with E-state index in [0.29, 0.717) is 5.69 Å². The Labute approximate surface area is 145 Å². The molecular weight excluding hydrogens is 328 g/mol. The summed E-state index contributed by atoms with van der Waals surface area (Å²) in [5.74, 6) is -2.30. The summed E-state index contributed by atoms with van der Waals surface area (Å²) in [6.45, 7) is 3.47. The quantitative estimate of drug-likeness (QED) is 0.819. The molecule has 8 heteroatoms. The molecule has 1 aliphatic rings. The van der Waals surface area contributed by atoms with Crippen LogP contribution in [0.15, 0.2) is 24.3 Å². The highest BCUT2D eigenvalue weighted by atomic mass is 16.6. The van der Waals surface area contributed by atoms with Crippen LogP contribution in [-0.2, 0) is 23.9 Å². The van der Waals surface area contributed by atoms with Crippen molar-refractivity contribution in [2.24, 2.45) is 5.92 Å². The summed E-state index contributed by atoms with van der Waals surface area (Å²) in [7, 11) is 1.11. The van der Waals surface area contributed by atoms with Crippen LogP contribution in [0.25, 0.3) is 0 Å². The zero-order valence-electron chi connectivity index (χ0n) is 14.3. The third-order valence-electron chi connectivity index (χ3n) is 3.88. The molecule has 2 rings (SSSR count). The number of nitrogens with zero attached hydrogens (tertiary/aromatic N) is 1. The lowest BCUT2D eigenvalue weighted by Gasteiger charge is -2.17. The number of hydrogen-bond acceptors (Lipinski definition) is 6. The number of carbonyl (C=O) groups excluding carboxylic acids is 4. The summed E-state index contributed by atoms with van der Waals surface area (Å²) in [4.78, 5) is 48.5. The molecule has 1 fully saturated rings. The van der Waals surface area contributed by atoms with E-state index in [4.69, 9.17) is 4.74 Å². The fourth-order valence-electron chi connectivity index (χ4n) is 2.42. The van der Waals surface area contributed by atoms with Crippen LogP contribution in [0.1, 0.15) is 18.9 Å². The van der Waals surface area contributed by atoms with Gasteiger partial charge in [0.2, 0.25) is 5.91 Å². The number of nitrogens with one attached hydrogen (secondary N) is 1. The van der Waals surface area contributed by atoms with Gasteiger partial charge in [-0.25, -0.2) is 4.79 Å². The van der Waals surface area contributed by atoms with Crippen LogP contribution < -0.4 is 10.2 Å². The molecule has 1 heterocycles. The lowest BCUT2D eigenvalue weighted by molar-refractivity contribution is -0.158. The largest absolute Gasteiger partial charge is 0.453 e. The van der Waals surface area contributed by atoms with Crippen molar-refractivity contribution in [3.05, 3.63) is 29.8 Å². The third kappa shape index (κ3) is 4.56. The Kier molecular flexibility index (Phi) is 5.74. The molecule has 3 amide bonds. The Balaban J connectivity index is 1.94. The number of rotatable bonds is 4. The molecule has 8 nitrogen and oxygen atoms in total. The normalized spacial score (nSPS) is 17.8. The van der Waals surface area contributed by atoms with E-state index in [1.807, 2.05) is 36.5 Å². The molecular formula is C17H20N2O6. The number of esters is 1. The Morgan fingerprint density at radius 3 is 2.48 bits per heavy atom. The molecule has 0 aliphatic carbocycles. The van der Waals surface area contributed by atoms with Crippen LogP contribution in [-0.4, -0.2) is 43.6 Å². The molecule has 134 valence electrons. The van der Waals surface area contributed by atoms with E-state index < -0.39 is 30.0 Å². The van der Waals surface area contributed by atoms with Crippen LogP contribution in [0.5, 0.6) is 0 Å². The fourth-order valence-corrected chi connectivity index (χ4v) is 2.42. The second-order valence-electron chi connectivity index (χ2n) is 5.80. The number of anilines is 1. The molecule has 25 heavy (non-hydrogen) atoms. The first-order valence-electron chi connectivity index (χ1n) is 7.78. The maximum Gasteiger partial charge on any atom is 0.413 e. The molecule has 0 unspecified atom stereocenters. The number of ether oxygens (including phenoxy) is 2. The SMILES string of the molecule is COC(=O)NC(=O)[C@@H](C)OC(=O)[C@@H]1CC(=O)N(c2ccc(C)cc2)C1. The molecule has 1 N–H and O–H groups in total. The number of amides is 3. The topological polar surface area (TPSA) is 102 Å². The van der Waals surface area contributed by atoms with Gasteiger partial charge in [0.1, 0.15) is 0 Å². The van der Waals surface area contributed by atoms with Gasteiger partial charge in [0.25, 0.3) is 5.91 Å². The average Bonchev–Trinajstić information content (AvgIpc) is 2.97. The van der Waals surface area contributed by atoms with Crippen molar-refractivity contribution in [3.8, 4) is 0 Å². The predicted molar refractivity (Wildman–Crippen MR) is 87.7 cm³/mol. The highest BCUT2D eigenvalue weighted by Crippen LogP contribution is 2.26. The maximum atomic E-state index is 12.2. The fraction of sp³-hybridized carbons (Fsp3) is 0.412. The van der Waals surface area contributed by atoms with Gasteiger partial charge in [-0.1, -0.05) is 17.7 Å². The second-order valence-corrected chi connectivity index (χ2v) is 5.80. The van der Waals surface area contributed by atoms with Crippen LogP contribution in [0.4, 0.5) is 10.5 Å². The Morgan fingerprint density at radius 2 is 1.88 bits per heavy atom. The van der Waals surface area contributed by atoms with Crippen molar-refractivity contribution in [2.45, 2.75) is 26.4 Å². The number of hydrogen-bond donors (Lipinski definition) is 1. The van der Waals surface area contributed by atoms with Crippen LogP contribution in [0.2, 0.25) is 0 Å². The minimum Gasteiger partial charge on any atom is -0.453 e. The number of benzene rings is 1. The van der Waals surface area contributed by atoms with Crippen molar-refractivity contribution in [1.82, 2.24) is 5.32 Å². The van der Waals surface area contributed by atoms with E-state index in [9.17, 15) is 19.2 Å². The van der Waals surface area contributed by atoms with Gasteiger partial charge in [0, 0.05) is 18.7 Å². The van der Waals surface area contributed by atoms with Gasteiger partial charge in [0.15, 0.2) is 6.10 Å². The highest BCUT2D eigenvalue weighted by Gasteiger charge is 2.37. The van der Waals surface area contributed by atoms with Crippen molar-refractivity contribution in [1.29, 1.82) is 0 Å². The van der Waals surface area contributed by atoms with Crippen molar-refractivity contribution >= 4 is 29.6 Å². The lowest BCUT2D eigenvalue weighted by atomic mass is 10.1. The molecule has 1 saturated heterocycles. The van der Waals surface area contributed by atoms with Gasteiger partial charge >= 0.3 is 12.1 Å². The molecule has 0 aromatic heterocycles. The van der Waals surface area contributed by atoms with E-state index in [2.05, 4.69) is 4.74 Å². The summed E-state index contributed by atoms with van der Waals surface area (Å²) < 4.78 is 9.35. The van der Waals surface area contributed by atoms with Crippen LogP contribution in [0, 0.1) is 12.8 Å². The van der Waals surface area contributed by atoms with Crippen molar-refractivity contribution in [2.75, 3.05) is 18.6 Å². The zero-order chi connectivity index (χ0) is 18.6. The van der Waals surface area contributed by atoms with E-state index in [1.165, 1.54) is 11.8 Å². The van der Waals surface area contributed by atoms with E-state index in [-0.39, 0.29) is 18.9 Å². The van der Waals surface area contributed by atoms with E-state index in [0.717, 1.165) is 12.7 Å². The summed E-state index contributed by atoms with van der Waals surface area (Å²) in [6, 6.07) is 7.39. The minimum absolute atomic E-state index is 0.0120. The summed E-state index contributed by atoms with van der Waals surface area (Å²) >= 11 is 0. The van der Waals surface area contributed by atoms with Gasteiger partial charge in [-0.05, 0) is 26.0 Å². The molecule has 0 radical (unpaired) electrons. The molecule has 1 aromatic carbocycles. The Bertz CT molecular complexity index is 685. The highest BCUT2D eigenvalue weighted by molar-refractivity contribution is 6.00. The van der Waals surface area contributed by atoms with E-state index in [1.54, 1.807) is 0 Å². The lowest BCUT2D eigenvalue weighted by Crippen LogP contribution is -2.40. The zero-order valence-corrected chi connectivity index (χ0v) is 14.3. The predicted octanol–water partition coefficient (Wildman–Crippen LogP) is 1.16. The van der Waals surface area contributed by atoms with Gasteiger partial charge in [-0.3, -0.25) is 19.7 Å². The standard InChI is InChI=1S/C17H20N2O6/c1-10-4-6-13(7-5-10)19-9-12(8-14(19)20)16(22)25-11(2)15(21)18-17(23)24-3/h4-7,11-12H,8-9H2,1-3H3,(H,18,21,23)/t11-,12-/m1/s1. The Morgan fingerprint density at radius 1 is 1.24 bits per heavy atom. The first-order valence-corrected chi connectivity index (χ1v) is 7.78. The van der Waals surface area contributed by atoms with Gasteiger partial charge in [0.05, 0.1) is 13.0 Å². The minimum atomic E-state index is -1.17. The third-order valence-corrected chi connectivity index (χ3v) is 3.88. The summed E-state index contributed by atoms with van der Waals surface area (Å²) in [6.07, 6.45) is -2.09. The number of imide groups is 1. The Hall–Kier alpha value is -2.90. The average molecular weight is 348 g/mol. The number of alkyl carbamates (subject to hydrolysis) is 1. The maximum absolute atomic E-state index is 12.2. The van der Waals surface area contributed by atoms with Crippen LogP contribution in [0.3, 0.4) is 0 Å². The van der Waals surface area contributed by atoms with Crippen LogP contribution >= 0.6 is 0 Å². The number of carbonyl (C=O) groups is 4. The van der Waals surface area contributed by atoms with Gasteiger partial charge in [-0.15, -0.1) is 0 Å². The number of aryl methyl sites for hydroxylation is 1.